The molecule has 2 fully saturated rings. The number of methoxy groups -OCH3 is 1. The summed E-state index contributed by atoms with van der Waals surface area (Å²) in [6, 6.07) is 1.95. The van der Waals surface area contributed by atoms with Crippen molar-refractivity contribution in [3.8, 4) is 5.75 Å². The minimum atomic E-state index is -1.08. The molecule has 2 aliphatic heterocycles. The van der Waals surface area contributed by atoms with Crippen LogP contribution in [0.1, 0.15) is 6.42 Å². The van der Waals surface area contributed by atoms with Gasteiger partial charge in [0, 0.05) is 38.3 Å². The number of piperidine rings is 1. The summed E-state index contributed by atoms with van der Waals surface area (Å²) in [5, 5.41) is 0. The summed E-state index contributed by atoms with van der Waals surface area (Å²) in [5.41, 5.74) is 6.83. The topological polar surface area (TPSA) is 85.8 Å². The number of hydrogen-bond acceptors (Lipinski definition) is 6. The van der Waals surface area contributed by atoms with Gasteiger partial charge in [0.15, 0.2) is 0 Å². The van der Waals surface area contributed by atoms with E-state index >= 15 is 0 Å². The SMILES string of the molecule is COc1cc(F)cc2c1nc(N1CC[C@@H](F)[C@H](N)C1)n2CC(=O)N1CCOCC1. The number of carbonyl (C=O) groups is 1. The van der Waals surface area contributed by atoms with Crippen LogP contribution in [0.25, 0.3) is 11.0 Å². The molecule has 2 aromatic rings. The summed E-state index contributed by atoms with van der Waals surface area (Å²) in [6.45, 7) is 2.67. The Morgan fingerprint density at radius 1 is 1.34 bits per heavy atom. The molecule has 3 heterocycles. The summed E-state index contributed by atoms with van der Waals surface area (Å²) in [4.78, 5) is 21.1. The molecule has 2 aliphatic rings. The standard InChI is InChI=1S/C19H25F2N5O3/c1-28-16-9-12(20)8-15-18(16)23-19(25-3-2-13(21)14(22)10-25)26(15)11-17(27)24-4-6-29-7-5-24/h8-9,13-14H,2-7,10-11,22H2,1H3/t13-,14-/m1/s1. The number of aromatic nitrogens is 2. The lowest BCUT2D eigenvalue weighted by molar-refractivity contribution is -0.135. The number of rotatable bonds is 4. The number of benzene rings is 1. The summed E-state index contributed by atoms with van der Waals surface area (Å²) >= 11 is 0. The van der Waals surface area contributed by atoms with E-state index in [0.29, 0.717) is 49.8 Å². The highest BCUT2D eigenvalue weighted by molar-refractivity contribution is 5.87. The van der Waals surface area contributed by atoms with Gasteiger partial charge in [-0.2, -0.15) is 0 Å². The average molecular weight is 409 g/mol. The molecule has 0 aliphatic carbocycles. The van der Waals surface area contributed by atoms with E-state index in [1.54, 1.807) is 9.47 Å². The Morgan fingerprint density at radius 2 is 2.10 bits per heavy atom. The van der Waals surface area contributed by atoms with E-state index in [0.717, 1.165) is 0 Å². The van der Waals surface area contributed by atoms with Gasteiger partial charge >= 0.3 is 0 Å². The maximum Gasteiger partial charge on any atom is 0.242 e. The molecule has 1 aromatic heterocycles. The van der Waals surface area contributed by atoms with Gasteiger partial charge in [0.25, 0.3) is 0 Å². The van der Waals surface area contributed by atoms with E-state index in [1.807, 2.05) is 4.90 Å². The number of imidazole rings is 1. The third-order valence-electron chi connectivity index (χ3n) is 5.49. The molecule has 1 aromatic carbocycles. The van der Waals surface area contributed by atoms with Gasteiger partial charge in [-0.05, 0) is 6.42 Å². The fraction of sp³-hybridized carbons (Fsp3) is 0.579. The van der Waals surface area contributed by atoms with Crippen LogP contribution >= 0.6 is 0 Å². The van der Waals surface area contributed by atoms with Crippen molar-refractivity contribution in [3.63, 3.8) is 0 Å². The maximum atomic E-state index is 14.2. The molecular formula is C19H25F2N5O3. The number of amides is 1. The van der Waals surface area contributed by atoms with Gasteiger partial charge < -0.3 is 29.6 Å². The summed E-state index contributed by atoms with van der Waals surface area (Å²) in [7, 11) is 1.44. The molecule has 2 atom stereocenters. The van der Waals surface area contributed by atoms with Crippen molar-refractivity contribution in [2.75, 3.05) is 51.4 Å². The molecule has 2 saturated heterocycles. The molecular weight excluding hydrogens is 384 g/mol. The minimum Gasteiger partial charge on any atom is -0.494 e. The normalized spacial score (nSPS) is 22.9. The van der Waals surface area contributed by atoms with Crippen LogP contribution in [0, 0.1) is 5.82 Å². The lowest BCUT2D eigenvalue weighted by Crippen LogP contribution is -2.50. The van der Waals surface area contributed by atoms with Crippen molar-refractivity contribution in [1.29, 1.82) is 0 Å². The van der Waals surface area contributed by atoms with Crippen LogP contribution in [-0.2, 0) is 16.1 Å². The van der Waals surface area contributed by atoms with Crippen molar-refractivity contribution in [1.82, 2.24) is 14.5 Å². The first kappa shape index (κ1) is 19.8. The van der Waals surface area contributed by atoms with Crippen LogP contribution < -0.4 is 15.4 Å². The highest BCUT2D eigenvalue weighted by Crippen LogP contribution is 2.32. The number of halogens is 2. The highest BCUT2D eigenvalue weighted by atomic mass is 19.1. The molecule has 1 amide bonds. The van der Waals surface area contributed by atoms with Gasteiger partial charge in [-0.25, -0.2) is 13.8 Å². The van der Waals surface area contributed by atoms with Gasteiger partial charge in [0.1, 0.15) is 29.8 Å². The number of alkyl halides is 1. The predicted octanol–water partition coefficient (Wildman–Crippen LogP) is 0.918. The summed E-state index contributed by atoms with van der Waals surface area (Å²) in [6.07, 6.45) is -0.807. The van der Waals surface area contributed by atoms with Crippen molar-refractivity contribution in [3.05, 3.63) is 17.9 Å². The Labute approximate surface area is 167 Å². The molecule has 8 nitrogen and oxygen atoms in total. The molecule has 0 radical (unpaired) electrons. The second kappa shape index (κ2) is 8.11. The van der Waals surface area contributed by atoms with Gasteiger partial charge in [0.2, 0.25) is 11.9 Å². The largest absolute Gasteiger partial charge is 0.494 e. The summed E-state index contributed by atoms with van der Waals surface area (Å²) in [5.74, 6) is 0.151. The Kier molecular flexibility index (Phi) is 5.55. The van der Waals surface area contributed by atoms with E-state index in [4.69, 9.17) is 15.2 Å². The highest BCUT2D eigenvalue weighted by Gasteiger charge is 2.31. The van der Waals surface area contributed by atoms with E-state index in [9.17, 15) is 13.6 Å². The Morgan fingerprint density at radius 3 is 2.79 bits per heavy atom. The van der Waals surface area contributed by atoms with E-state index in [2.05, 4.69) is 4.98 Å². The molecule has 0 spiro atoms. The van der Waals surface area contributed by atoms with Crippen molar-refractivity contribution in [2.24, 2.45) is 5.73 Å². The van der Waals surface area contributed by atoms with Crippen molar-refractivity contribution in [2.45, 2.75) is 25.2 Å². The lowest BCUT2D eigenvalue weighted by atomic mass is 10.1. The van der Waals surface area contributed by atoms with E-state index in [-0.39, 0.29) is 31.2 Å². The molecule has 0 bridgehead atoms. The molecule has 4 rings (SSSR count). The molecule has 10 heteroatoms. The Bertz CT molecular complexity index is 900. The fourth-order valence-electron chi connectivity index (χ4n) is 3.88. The predicted molar refractivity (Wildman–Crippen MR) is 103 cm³/mol. The zero-order valence-corrected chi connectivity index (χ0v) is 16.3. The van der Waals surface area contributed by atoms with Gasteiger partial charge in [0.05, 0.1) is 31.9 Å². The average Bonchev–Trinajstić information content (AvgIpc) is 3.08. The zero-order valence-electron chi connectivity index (χ0n) is 16.3. The Hall–Kier alpha value is -2.46. The van der Waals surface area contributed by atoms with Crippen LogP contribution in [0.3, 0.4) is 0 Å². The second-order valence-corrected chi connectivity index (χ2v) is 7.38. The number of ether oxygens (including phenoxy) is 2. The zero-order chi connectivity index (χ0) is 20.5. The fourth-order valence-corrected chi connectivity index (χ4v) is 3.88. The van der Waals surface area contributed by atoms with Gasteiger partial charge in [-0.15, -0.1) is 0 Å². The monoisotopic (exact) mass is 409 g/mol. The molecule has 0 saturated carbocycles. The van der Waals surface area contributed by atoms with Crippen LogP contribution in [0.2, 0.25) is 0 Å². The van der Waals surface area contributed by atoms with Crippen molar-refractivity contribution >= 4 is 22.9 Å². The number of hydrogen-bond donors (Lipinski definition) is 1. The number of nitrogens with two attached hydrogens (primary N) is 1. The van der Waals surface area contributed by atoms with E-state index < -0.39 is 18.0 Å². The molecule has 158 valence electrons. The molecule has 29 heavy (non-hydrogen) atoms. The third-order valence-corrected chi connectivity index (χ3v) is 5.49. The van der Waals surface area contributed by atoms with Crippen LogP contribution in [0.5, 0.6) is 5.75 Å². The number of nitrogens with zero attached hydrogens (tertiary/aromatic N) is 4. The summed E-state index contributed by atoms with van der Waals surface area (Å²) < 4.78 is 40.3. The molecule has 0 unspecified atom stereocenters. The lowest BCUT2D eigenvalue weighted by Gasteiger charge is -2.34. The second-order valence-electron chi connectivity index (χ2n) is 7.38. The smallest absolute Gasteiger partial charge is 0.242 e. The van der Waals surface area contributed by atoms with Gasteiger partial charge in [-0.1, -0.05) is 0 Å². The van der Waals surface area contributed by atoms with Crippen LogP contribution in [0.15, 0.2) is 12.1 Å². The van der Waals surface area contributed by atoms with Crippen molar-refractivity contribution < 1.29 is 23.0 Å². The first-order valence-corrected chi connectivity index (χ1v) is 9.72. The number of anilines is 1. The van der Waals surface area contributed by atoms with Crippen LogP contribution in [0.4, 0.5) is 14.7 Å². The molecule has 2 N–H and O–H groups in total. The minimum absolute atomic E-state index is 0.0107. The third kappa shape index (κ3) is 3.86. The maximum absolute atomic E-state index is 14.2. The number of carbonyl (C=O) groups excluding carboxylic acids is 1. The van der Waals surface area contributed by atoms with Crippen LogP contribution in [-0.4, -0.2) is 79.1 Å². The number of morpholine rings is 1. The van der Waals surface area contributed by atoms with E-state index in [1.165, 1.54) is 19.2 Å². The number of fused-ring (bicyclic) bond motifs is 1. The first-order valence-electron chi connectivity index (χ1n) is 9.72. The first-order chi connectivity index (χ1) is 14.0. The quantitative estimate of drug-likeness (QED) is 0.808. The Balaban J connectivity index is 1.74. The van der Waals surface area contributed by atoms with Gasteiger partial charge in [-0.3, -0.25) is 4.79 Å².